The van der Waals surface area contributed by atoms with E-state index in [2.05, 4.69) is 15.4 Å². The Morgan fingerprint density at radius 1 is 1.32 bits per heavy atom. The van der Waals surface area contributed by atoms with E-state index in [1.54, 1.807) is 6.20 Å². The van der Waals surface area contributed by atoms with Gasteiger partial charge in [-0.1, -0.05) is 11.6 Å². The second-order valence-corrected chi connectivity index (χ2v) is 4.62. The number of halogens is 1. The highest BCUT2D eigenvalue weighted by molar-refractivity contribution is 6.31. The third kappa shape index (κ3) is 2.63. The summed E-state index contributed by atoms with van der Waals surface area (Å²) in [5.74, 6) is 0. The fourth-order valence-electron chi connectivity index (χ4n) is 1.93. The summed E-state index contributed by atoms with van der Waals surface area (Å²) in [7, 11) is 0. The van der Waals surface area contributed by atoms with Crippen molar-refractivity contribution in [1.29, 1.82) is 0 Å². The van der Waals surface area contributed by atoms with E-state index in [0.717, 1.165) is 17.9 Å². The molecular weight excluding hydrogens is 260 g/mol. The smallest absolute Gasteiger partial charge is 0.0877 e. The van der Waals surface area contributed by atoms with Gasteiger partial charge >= 0.3 is 0 Å². The van der Waals surface area contributed by atoms with E-state index in [9.17, 15) is 0 Å². The molecule has 0 unspecified atom stereocenters. The van der Waals surface area contributed by atoms with Crippen molar-refractivity contribution in [2.45, 2.75) is 6.54 Å². The van der Waals surface area contributed by atoms with Gasteiger partial charge in [0, 0.05) is 36.4 Å². The summed E-state index contributed by atoms with van der Waals surface area (Å²) in [4.78, 5) is 3.04. The molecule has 2 heterocycles. The van der Waals surface area contributed by atoms with Crippen LogP contribution in [0.25, 0.3) is 5.69 Å². The lowest BCUT2D eigenvalue weighted by Crippen LogP contribution is -2.04. The van der Waals surface area contributed by atoms with Crippen LogP contribution in [0.2, 0.25) is 5.02 Å². The van der Waals surface area contributed by atoms with Gasteiger partial charge in [-0.3, -0.25) is 0 Å². The van der Waals surface area contributed by atoms with Gasteiger partial charge in [-0.05, 0) is 35.9 Å². The normalized spacial score (nSPS) is 10.6. The summed E-state index contributed by atoms with van der Waals surface area (Å²) in [6, 6.07) is 9.65. The van der Waals surface area contributed by atoms with Crippen LogP contribution in [0.4, 0.5) is 5.69 Å². The van der Waals surface area contributed by atoms with E-state index in [1.165, 1.54) is 5.56 Å². The number of aromatic amines is 1. The molecule has 0 spiro atoms. The minimum atomic E-state index is 0.701. The average molecular weight is 273 g/mol. The Morgan fingerprint density at radius 3 is 3.00 bits per heavy atom. The standard InChI is InChI=1S/C14H13ClN4/c15-12-2-3-14(19-7-1-5-18-19)13(8-12)17-10-11-4-6-16-9-11/h1-9,16-17H,10H2. The second-order valence-electron chi connectivity index (χ2n) is 4.18. The SMILES string of the molecule is Clc1ccc(-n2cccn2)c(NCc2cc[nH]c2)c1. The number of rotatable bonds is 4. The highest BCUT2D eigenvalue weighted by Crippen LogP contribution is 2.24. The van der Waals surface area contributed by atoms with Gasteiger partial charge in [0.2, 0.25) is 0 Å². The van der Waals surface area contributed by atoms with Crippen molar-refractivity contribution in [2.75, 3.05) is 5.32 Å². The molecule has 0 aliphatic rings. The van der Waals surface area contributed by atoms with E-state index >= 15 is 0 Å². The van der Waals surface area contributed by atoms with Crippen LogP contribution < -0.4 is 5.32 Å². The zero-order valence-electron chi connectivity index (χ0n) is 10.2. The molecule has 2 N–H and O–H groups in total. The molecule has 0 fully saturated rings. The van der Waals surface area contributed by atoms with Gasteiger partial charge in [-0.25, -0.2) is 4.68 Å². The maximum atomic E-state index is 6.06. The maximum absolute atomic E-state index is 6.06. The first-order valence-corrected chi connectivity index (χ1v) is 6.36. The molecule has 0 saturated heterocycles. The van der Waals surface area contributed by atoms with E-state index in [1.807, 2.05) is 53.6 Å². The van der Waals surface area contributed by atoms with Crippen LogP contribution in [-0.4, -0.2) is 14.8 Å². The molecule has 3 rings (SSSR count). The van der Waals surface area contributed by atoms with Gasteiger partial charge in [0.15, 0.2) is 0 Å². The molecule has 2 aromatic heterocycles. The molecule has 0 bridgehead atoms. The first kappa shape index (κ1) is 11.9. The maximum Gasteiger partial charge on any atom is 0.0877 e. The van der Waals surface area contributed by atoms with Gasteiger partial charge in [0.1, 0.15) is 0 Å². The number of aromatic nitrogens is 3. The quantitative estimate of drug-likeness (QED) is 0.764. The van der Waals surface area contributed by atoms with Crippen LogP contribution in [0.15, 0.2) is 55.1 Å². The van der Waals surface area contributed by atoms with Crippen LogP contribution in [-0.2, 0) is 6.54 Å². The zero-order valence-corrected chi connectivity index (χ0v) is 10.9. The number of benzene rings is 1. The minimum Gasteiger partial charge on any atom is -0.379 e. The molecule has 0 atom stereocenters. The summed E-state index contributed by atoms with van der Waals surface area (Å²) in [5, 5.41) is 8.33. The van der Waals surface area contributed by atoms with E-state index in [0.29, 0.717) is 5.02 Å². The molecule has 3 aromatic rings. The predicted octanol–water partition coefficient (Wildman–Crippen LogP) is 3.47. The Morgan fingerprint density at radius 2 is 2.26 bits per heavy atom. The fourth-order valence-corrected chi connectivity index (χ4v) is 2.10. The number of nitrogens with zero attached hydrogens (tertiary/aromatic N) is 2. The van der Waals surface area contributed by atoms with Gasteiger partial charge < -0.3 is 10.3 Å². The van der Waals surface area contributed by atoms with Crippen LogP contribution in [0.5, 0.6) is 0 Å². The van der Waals surface area contributed by atoms with Crippen LogP contribution in [0.3, 0.4) is 0 Å². The Balaban J connectivity index is 1.88. The van der Waals surface area contributed by atoms with Crippen molar-refractivity contribution in [3.63, 3.8) is 0 Å². The zero-order chi connectivity index (χ0) is 13.1. The van der Waals surface area contributed by atoms with E-state index < -0.39 is 0 Å². The predicted molar refractivity (Wildman–Crippen MR) is 76.7 cm³/mol. The van der Waals surface area contributed by atoms with Crippen LogP contribution in [0, 0.1) is 0 Å². The molecule has 96 valence electrons. The molecule has 5 heteroatoms. The Kier molecular flexibility index (Phi) is 3.25. The summed E-state index contributed by atoms with van der Waals surface area (Å²) in [6.07, 6.45) is 7.53. The molecule has 0 radical (unpaired) electrons. The van der Waals surface area contributed by atoms with E-state index in [4.69, 9.17) is 11.6 Å². The first-order valence-electron chi connectivity index (χ1n) is 5.98. The summed E-state index contributed by atoms with van der Waals surface area (Å²) >= 11 is 6.06. The summed E-state index contributed by atoms with van der Waals surface area (Å²) in [5.41, 5.74) is 3.12. The highest BCUT2D eigenvalue weighted by atomic mass is 35.5. The van der Waals surface area contributed by atoms with Gasteiger partial charge in [0.25, 0.3) is 0 Å². The van der Waals surface area contributed by atoms with Crippen LogP contribution in [0.1, 0.15) is 5.56 Å². The Hall–Kier alpha value is -2.20. The molecule has 19 heavy (non-hydrogen) atoms. The third-order valence-corrected chi connectivity index (χ3v) is 3.09. The molecule has 4 nitrogen and oxygen atoms in total. The van der Waals surface area contributed by atoms with Crippen molar-refractivity contribution in [2.24, 2.45) is 0 Å². The van der Waals surface area contributed by atoms with Gasteiger partial charge in [-0.15, -0.1) is 0 Å². The summed E-state index contributed by atoms with van der Waals surface area (Å²) < 4.78 is 1.82. The highest BCUT2D eigenvalue weighted by Gasteiger charge is 2.06. The number of nitrogens with one attached hydrogen (secondary N) is 2. The Labute approximate surface area is 116 Å². The monoisotopic (exact) mass is 272 g/mol. The van der Waals surface area contributed by atoms with E-state index in [-0.39, 0.29) is 0 Å². The van der Waals surface area contributed by atoms with Crippen molar-refractivity contribution < 1.29 is 0 Å². The fraction of sp³-hybridized carbons (Fsp3) is 0.0714. The summed E-state index contributed by atoms with van der Waals surface area (Å²) in [6.45, 7) is 0.734. The van der Waals surface area contributed by atoms with Crippen molar-refractivity contribution in [1.82, 2.24) is 14.8 Å². The van der Waals surface area contributed by atoms with Crippen molar-refractivity contribution in [3.8, 4) is 5.69 Å². The lowest BCUT2D eigenvalue weighted by atomic mass is 10.2. The number of hydrogen-bond acceptors (Lipinski definition) is 2. The second kappa shape index (κ2) is 5.20. The lowest BCUT2D eigenvalue weighted by molar-refractivity contribution is 0.879. The Bertz CT molecular complexity index is 644. The molecular formula is C14H13ClN4. The van der Waals surface area contributed by atoms with Crippen LogP contribution >= 0.6 is 11.6 Å². The number of H-pyrrole nitrogens is 1. The molecule has 0 amide bonds. The van der Waals surface area contributed by atoms with Gasteiger partial charge in [0.05, 0.1) is 11.4 Å². The molecule has 0 saturated carbocycles. The largest absolute Gasteiger partial charge is 0.379 e. The molecule has 0 aliphatic heterocycles. The number of hydrogen-bond donors (Lipinski definition) is 2. The average Bonchev–Trinajstić information content (AvgIpc) is 3.10. The molecule has 0 aliphatic carbocycles. The van der Waals surface area contributed by atoms with Crippen molar-refractivity contribution >= 4 is 17.3 Å². The van der Waals surface area contributed by atoms with Gasteiger partial charge in [-0.2, -0.15) is 5.10 Å². The third-order valence-electron chi connectivity index (χ3n) is 2.86. The van der Waals surface area contributed by atoms with Crippen molar-refractivity contribution in [3.05, 3.63) is 65.7 Å². The first-order chi connectivity index (χ1) is 9.33. The molecule has 1 aromatic carbocycles. The number of anilines is 1. The minimum absolute atomic E-state index is 0.701. The topological polar surface area (TPSA) is 45.6 Å². The lowest BCUT2D eigenvalue weighted by Gasteiger charge is -2.12.